The molecule has 0 unspecified atom stereocenters. The van der Waals surface area contributed by atoms with Crippen molar-refractivity contribution in [1.29, 1.82) is 0 Å². The van der Waals surface area contributed by atoms with Crippen molar-refractivity contribution < 1.29 is 0 Å². The average Bonchev–Trinajstić information content (AvgIpc) is 3.47. The van der Waals surface area contributed by atoms with Crippen molar-refractivity contribution in [1.82, 2.24) is 0 Å². The monoisotopic (exact) mass is 538 g/mol. The van der Waals surface area contributed by atoms with Gasteiger partial charge in [-0.25, -0.2) is 0 Å². The standard InChI is InChI=1S/C30H18Se2/c1-3-7-19(8-4-1)27-18-31-30-16-23-14-24-21(13-22(23)15-25(27)30)11-12-28-26(24)17-29(32-28)20-9-5-2-6-10-20/h1-18H. The Morgan fingerprint density at radius 1 is 0.469 bits per heavy atom. The Balaban J connectivity index is 1.46. The average molecular weight is 536 g/mol. The summed E-state index contributed by atoms with van der Waals surface area (Å²) in [5.41, 5.74) is 4.08. The second-order valence-electron chi connectivity index (χ2n) is 8.24. The minimum atomic E-state index is 0.370. The fourth-order valence-corrected chi connectivity index (χ4v) is 9.07. The van der Waals surface area contributed by atoms with Crippen molar-refractivity contribution in [3.05, 3.63) is 108 Å². The van der Waals surface area contributed by atoms with Crippen LogP contribution in [0.1, 0.15) is 0 Å². The van der Waals surface area contributed by atoms with Gasteiger partial charge in [0, 0.05) is 0 Å². The summed E-state index contributed by atoms with van der Waals surface area (Å²) in [5.74, 6) is 0. The van der Waals surface area contributed by atoms with Crippen LogP contribution in [0.5, 0.6) is 0 Å². The molecule has 0 saturated heterocycles. The molecule has 0 N–H and O–H groups in total. The van der Waals surface area contributed by atoms with Crippen LogP contribution in [0.3, 0.4) is 0 Å². The van der Waals surface area contributed by atoms with Gasteiger partial charge in [-0.15, -0.1) is 0 Å². The van der Waals surface area contributed by atoms with Crippen molar-refractivity contribution in [2.45, 2.75) is 0 Å². The van der Waals surface area contributed by atoms with E-state index in [2.05, 4.69) is 108 Å². The van der Waals surface area contributed by atoms with Crippen LogP contribution in [0.4, 0.5) is 0 Å². The van der Waals surface area contributed by atoms with Gasteiger partial charge >= 0.3 is 199 Å². The van der Waals surface area contributed by atoms with E-state index in [0.717, 1.165) is 0 Å². The van der Waals surface area contributed by atoms with Crippen LogP contribution < -0.4 is 0 Å². The second-order valence-corrected chi connectivity index (χ2v) is 12.4. The molecule has 150 valence electrons. The summed E-state index contributed by atoms with van der Waals surface area (Å²) in [6.07, 6.45) is 0. The van der Waals surface area contributed by atoms with E-state index >= 15 is 0 Å². The molecular formula is C30H18Se2. The van der Waals surface area contributed by atoms with E-state index in [1.165, 1.54) is 62.0 Å². The Labute approximate surface area is 198 Å². The molecule has 0 aliphatic rings. The number of benzene rings is 5. The Morgan fingerprint density at radius 2 is 1.19 bits per heavy atom. The normalized spacial score (nSPS) is 11.8. The predicted octanol–water partition coefficient (Wildman–Crippen LogP) is 7.75. The van der Waals surface area contributed by atoms with E-state index in [1.807, 2.05) is 0 Å². The van der Waals surface area contributed by atoms with Crippen LogP contribution >= 0.6 is 0 Å². The van der Waals surface area contributed by atoms with E-state index in [-0.39, 0.29) is 0 Å². The van der Waals surface area contributed by atoms with Gasteiger partial charge in [-0.05, 0) is 0 Å². The van der Waals surface area contributed by atoms with E-state index in [9.17, 15) is 0 Å². The molecule has 0 atom stereocenters. The molecule has 2 heterocycles. The molecular weight excluding hydrogens is 518 g/mol. The summed E-state index contributed by atoms with van der Waals surface area (Å²) in [5, 5.41) is 8.28. The molecule has 0 radical (unpaired) electrons. The molecule has 0 bridgehead atoms. The van der Waals surface area contributed by atoms with E-state index in [1.54, 1.807) is 0 Å². The van der Waals surface area contributed by atoms with Crippen LogP contribution in [-0.2, 0) is 0 Å². The van der Waals surface area contributed by atoms with E-state index in [4.69, 9.17) is 0 Å². The third kappa shape index (κ3) is 2.96. The van der Waals surface area contributed by atoms with Crippen LogP contribution in [-0.4, -0.2) is 29.0 Å². The van der Waals surface area contributed by atoms with Gasteiger partial charge in [-0.1, -0.05) is 0 Å². The molecule has 0 saturated carbocycles. The van der Waals surface area contributed by atoms with E-state index in [0.29, 0.717) is 29.0 Å². The van der Waals surface area contributed by atoms with Gasteiger partial charge < -0.3 is 0 Å². The zero-order chi connectivity index (χ0) is 21.1. The van der Waals surface area contributed by atoms with Crippen molar-refractivity contribution in [2.75, 3.05) is 0 Å². The zero-order valence-corrected chi connectivity index (χ0v) is 20.6. The van der Waals surface area contributed by atoms with Crippen molar-refractivity contribution >= 4 is 69.8 Å². The van der Waals surface area contributed by atoms with E-state index < -0.39 is 0 Å². The number of fused-ring (bicyclic) bond motifs is 5. The Kier molecular flexibility index (Phi) is 4.29. The number of hydrogen-bond donors (Lipinski definition) is 0. The number of rotatable bonds is 2. The summed E-state index contributed by atoms with van der Waals surface area (Å²) >= 11 is 0.765. The molecule has 0 nitrogen and oxygen atoms in total. The molecule has 7 rings (SSSR count). The van der Waals surface area contributed by atoms with Crippen LogP contribution in [0.15, 0.2) is 108 Å². The van der Waals surface area contributed by atoms with Gasteiger partial charge in [0.2, 0.25) is 0 Å². The van der Waals surface area contributed by atoms with Crippen molar-refractivity contribution in [3.8, 4) is 21.1 Å². The number of hydrogen-bond acceptors (Lipinski definition) is 0. The molecule has 2 heteroatoms. The van der Waals surface area contributed by atoms with Crippen LogP contribution in [0.25, 0.3) is 62.0 Å². The third-order valence-electron chi connectivity index (χ3n) is 6.31. The zero-order valence-electron chi connectivity index (χ0n) is 17.2. The summed E-state index contributed by atoms with van der Waals surface area (Å²) in [4.78, 5) is 2.45. The first-order chi connectivity index (χ1) is 15.8. The van der Waals surface area contributed by atoms with Crippen molar-refractivity contribution in [2.24, 2.45) is 0 Å². The summed E-state index contributed by atoms with van der Waals surface area (Å²) < 4.78 is 4.48. The predicted molar refractivity (Wildman–Crippen MR) is 141 cm³/mol. The molecule has 0 spiro atoms. The fraction of sp³-hybridized carbons (Fsp3) is 0. The molecule has 0 amide bonds. The Hall–Kier alpha value is -2.86. The summed E-state index contributed by atoms with van der Waals surface area (Å²) in [7, 11) is 0. The molecule has 7 aromatic rings. The van der Waals surface area contributed by atoms with Gasteiger partial charge in [-0.3, -0.25) is 0 Å². The maximum absolute atomic E-state index is 2.45. The Morgan fingerprint density at radius 3 is 2.00 bits per heavy atom. The summed E-state index contributed by atoms with van der Waals surface area (Å²) in [6.45, 7) is 0. The first-order valence-corrected chi connectivity index (χ1v) is 14.3. The first-order valence-electron chi connectivity index (χ1n) is 10.8. The molecule has 0 aliphatic heterocycles. The van der Waals surface area contributed by atoms with Crippen LogP contribution in [0.2, 0.25) is 0 Å². The SMILES string of the molecule is c1ccc(-c2cc3c(ccc4cc5cc6c(-c7ccccc7)c[se]c6cc5cc43)[se]2)cc1. The molecule has 5 aromatic carbocycles. The van der Waals surface area contributed by atoms with Crippen molar-refractivity contribution in [3.63, 3.8) is 0 Å². The molecule has 0 aliphatic carbocycles. The first kappa shape index (κ1) is 18.7. The van der Waals surface area contributed by atoms with Gasteiger partial charge in [0.15, 0.2) is 0 Å². The quantitative estimate of drug-likeness (QED) is 0.157. The topological polar surface area (TPSA) is 0 Å². The summed E-state index contributed by atoms with van der Waals surface area (Å²) in [6, 6.07) is 38.4. The minimum absolute atomic E-state index is 0.370. The maximum atomic E-state index is 2.45. The molecule has 0 fully saturated rings. The van der Waals surface area contributed by atoms with Gasteiger partial charge in [0.25, 0.3) is 0 Å². The molecule has 2 aromatic heterocycles. The second kappa shape index (κ2) is 7.34. The van der Waals surface area contributed by atoms with Crippen LogP contribution in [0, 0.1) is 0 Å². The van der Waals surface area contributed by atoms with Gasteiger partial charge in [0.05, 0.1) is 0 Å². The Bertz CT molecular complexity index is 1750. The van der Waals surface area contributed by atoms with Gasteiger partial charge in [0.1, 0.15) is 0 Å². The van der Waals surface area contributed by atoms with Gasteiger partial charge in [-0.2, -0.15) is 0 Å². The third-order valence-corrected chi connectivity index (χ3v) is 10.7. The molecule has 32 heavy (non-hydrogen) atoms. The fourth-order valence-electron chi connectivity index (χ4n) is 4.70.